The zero-order valence-electron chi connectivity index (χ0n) is 22.0. The number of hydrogen-bond donors (Lipinski definition) is 0. The van der Waals surface area contributed by atoms with Crippen molar-refractivity contribution in [2.75, 3.05) is 5.75 Å². The maximum Gasteiger partial charge on any atom is 0.172 e. The molecule has 0 bridgehead atoms. The van der Waals surface area contributed by atoms with Gasteiger partial charge in [-0.05, 0) is 64.7 Å². The SMILES string of the molecule is ClC1=C=CC2=C(C(c3ccc(-c4ccc5c(c4)c4ccccc4n5-c4ccccc4)cc3)=N1)c1ccccc1SC2. The monoisotopic (exact) mass is 562 g/mol. The van der Waals surface area contributed by atoms with Gasteiger partial charge in [0.25, 0.3) is 0 Å². The normalized spacial score (nSPS) is 14.5. The number of aliphatic imine (C=N–C) groups is 1. The minimum atomic E-state index is 0.376. The minimum Gasteiger partial charge on any atom is -0.309 e. The van der Waals surface area contributed by atoms with Crippen LogP contribution in [0.15, 0.2) is 154 Å². The Morgan fingerprint density at radius 1 is 0.683 bits per heavy atom. The van der Waals surface area contributed by atoms with Crippen molar-refractivity contribution in [2.24, 2.45) is 4.99 Å². The van der Waals surface area contributed by atoms with Crippen LogP contribution < -0.4 is 0 Å². The van der Waals surface area contributed by atoms with Gasteiger partial charge in [-0.15, -0.1) is 11.8 Å². The first-order valence-corrected chi connectivity index (χ1v) is 15.0. The fourth-order valence-corrected chi connectivity index (χ4v) is 7.14. The van der Waals surface area contributed by atoms with E-state index >= 15 is 0 Å². The lowest BCUT2D eigenvalue weighted by Crippen LogP contribution is -2.11. The zero-order valence-corrected chi connectivity index (χ0v) is 23.6. The lowest BCUT2D eigenvalue weighted by Gasteiger charge is -2.22. The van der Waals surface area contributed by atoms with E-state index in [-0.39, 0.29) is 0 Å². The molecule has 41 heavy (non-hydrogen) atoms. The second kappa shape index (κ2) is 9.83. The van der Waals surface area contributed by atoms with Gasteiger partial charge in [-0.1, -0.05) is 102 Å². The third kappa shape index (κ3) is 4.10. The van der Waals surface area contributed by atoms with Crippen LogP contribution in [0.25, 0.3) is 44.2 Å². The van der Waals surface area contributed by atoms with E-state index in [1.807, 2.05) is 17.8 Å². The van der Waals surface area contributed by atoms with E-state index in [9.17, 15) is 0 Å². The maximum atomic E-state index is 6.49. The number of fused-ring (bicyclic) bond motifs is 5. The van der Waals surface area contributed by atoms with Gasteiger partial charge in [-0.25, -0.2) is 4.99 Å². The standard InChI is InChI=1S/C37H23ClN2S/c38-35-21-19-27-23-41-34-13-7-5-11-30(34)36(27)37(39-35)25-16-14-24(15-17-25)26-18-20-33-31(22-26)29-10-4-6-12-32(29)40(33)28-8-2-1-3-9-28/h1-20,22H,23H2. The van der Waals surface area contributed by atoms with Crippen molar-refractivity contribution >= 4 is 56.5 Å². The number of nitrogens with zero attached hydrogens (tertiary/aromatic N) is 2. The average Bonchev–Trinajstić information content (AvgIpc) is 3.26. The van der Waals surface area contributed by atoms with E-state index in [0.29, 0.717) is 5.16 Å². The van der Waals surface area contributed by atoms with E-state index < -0.39 is 0 Å². The molecule has 0 unspecified atom stereocenters. The highest BCUT2D eigenvalue weighted by Gasteiger charge is 2.24. The lowest BCUT2D eigenvalue weighted by atomic mass is 9.90. The van der Waals surface area contributed by atoms with Crippen LogP contribution in [0.3, 0.4) is 0 Å². The lowest BCUT2D eigenvalue weighted by molar-refractivity contribution is 1.18. The fraction of sp³-hybridized carbons (Fsp3) is 0.0270. The first kappa shape index (κ1) is 24.3. The molecule has 0 N–H and O–H groups in total. The molecule has 0 fully saturated rings. The van der Waals surface area contributed by atoms with Crippen molar-refractivity contribution in [3.05, 3.63) is 155 Å². The van der Waals surface area contributed by atoms with E-state index in [0.717, 1.165) is 28.2 Å². The first-order valence-electron chi connectivity index (χ1n) is 13.6. The van der Waals surface area contributed by atoms with E-state index in [1.54, 1.807) is 0 Å². The summed E-state index contributed by atoms with van der Waals surface area (Å²) < 4.78 is 2.35. The van der Waals surface area contributed by atoms with Gasteiger partial charge in [0.15, 0.2) is 5.16 Å². The van der Waals surface area contributed by atoms with Gasteiger partial charge in [0.1, 0.15) is 0 Å². The highest BCUT2D eigenvalue weighted by atomic mass is 35.5. The van der Waals surface area contributed by atoms with Crippen LogP contribution in [0, 0.1) is 0 Å². The molecule has 2 nitrogen and oxygen atoms in total. The molecule has 2 aliphatic rings. The molecule has 0 saturated heterocycles. The number of aromatic nitrogens is 1. The Kier molecular flexibility index (Phi) is 5.82. The number of halogens is 1. The molecular formula is C37H23ClN2S. The molecule has 0 saturated carbocycles. The number of benzene rings is 5. The van der Waals surface area contributed by atoms with Gasteiger partial charge in [0.2, 0.25) is 0 Å². The summed E-state index contributed by atoms with van der Waals surface area (Å²) in [6.07, 6.45) is 1.99. The molecular weight excluding hydrogens is 540 g/mol. The minimum absolute atomic E-state index is 0.376. The van der Waals surface area contributed by atoms with Crippen LogP contribution in [0.1, 0.15) is 11.1 Å². The Morgan fingerprint density at radius 3 is 2.27 bits per heavy atom. The predicted molar refractivity (Wildman–Crippen MR) is 174 cm³/mol. The zero-order chi connectivity index (χ0) is 27.3. The summed E-state index contributed by atoms with van der Waals surface area (Å²) in [5.74, 6) is 0.872. The predicted octanol–water partition coefficient (Wildman–Crippen LogP) is 10.0. The number of para-hydroxylation sites is 2. The van der Waals surface area contributed by atoms with Crippen LogP contribution in [0.4, 0.5) is 0 Å². The van der Waals surface area contributed by atoms with Gasteiger partial charge in [-0.2, -0.15) is 0 Å². The van der Waals surface area contributed by atoms with Crippen LogP contribution in [-0.2, 0) is 0 Å². The number of allylic oxidation sites excluding steroid dienone is 2. The second-order valence-electron chi connectivity index (χ2n) is 10.2. The highest BCUT2D eigenvalue weighted by Crippen LogP contribution is 2.41. The molecule has 8 rings (SSSR count). The van der Waals surface area contributed by atoms with Crippen LogP contribution in [0.5, 0.6) is 0 Å². The Bertz CT molecular complexity index is 2130. The van der Waals surface area contributed by atoms with Crippen molar-refractivity contribution in [3.63, 3.8) is 0 Å². The first-order chi connectivity index (χ1) is 20.2. The summed E-state index contributed by atoms with van der Waals surface area (Å²) in [6.45, 7) is 0. The topological polar surface area (TPSA) is 17.3 Å². The molecule has 0 spiro atoms. The third-order valence-electron chi connectivity index (χ3n) is 7.85. The Morgan fingerprint density at radius 2 is 1.39 bits per heavy atom. The van der Waals surface area contributed by atoms with Crippen molar-refractivity contribution in [3.8, 4) is 16.8 Å². The quantitative estimate of drug-likeness (QED) is 0.155. The molecule has 0 amide bonds. The van der Waals surface area contributed by atoms with E-state index in [1.165, 1.54) is 49.1 Å². The average molecular weight is 563 g/mol. The van der Waals surface area contributed by atoms with E-state index in [4.69, 9.17) is 16.6 Å². The Hall–Kier alpha value is -4.53. The molecule has 194 valence electrons. The smallest absolute Gasteiger partial charge is 0.172 e. The summed E-state index contributed by atoms with van der Waals surface area (Å²) in [5.41, 5.74) is 14.6. The van der Waals surface area contributed by atoms with Gasteiger partial charge >= 0.3 is 0 Å². The number of rotatable bonds is 3. The van der Waals surface area contributed by atoms with Crippen LogP contribution in [-0.4, -0.2) is 16.0 Å². The molecule has 0 radical (unpaired) electrons. The Labute approximate surface area is 247 Å². The van der Waals surface area contributed by atoms with Crippen molar-refractivity contribution in [1.82, 2.24) is 4.57 Å². The summed E-state index contributed by atoms with van der Waals surface area (Å²) >= 11 is 8.33. The summed E-state index contributed by atoms with van der Waals surface area (Å²) in [7, 11) is 0. The van der Waals surface area contributed by atoms with Crippen LogP contribution in [0.2, 0.25) is 0 Å². The molecule has 0 atom stereocenters. The molecule has 5 aromatic carbocycles. The van der Waals surface area contributed by atoms with Crippen molar-refractivity contribution in [2.45, 2.75) is 4.90 Å². The molecule has 6 aromatic rings. The number of hydrogen-bond acceptors (Lipinski definition) is 2. The van der Waals surface area contributed by atoms with Gasteiger partial charge in [0.05, 0.1) is 16.7 Å². The molecule has 2 aliphatic heterocycles. The number of thioether (sulfide) groups is 1. The largest absolute Gasteiger partial charge is 0.309 e. The highest BCUT2D eigenvalue weighted by molar-refractivity contribution is 7.99. The maximum absolute atomic E-state index is 6.49. The molecule has 3 heterocycles. The molecule has 0 aliphatic carbocycles. The van der Waals surface area contributed by atoms with Gasteiger partial charge in [-0.3, -0.25) is 0 Å². The molecule has 4 heteroatoms. The summed E-state index contributed by atoms with van der Waals surface area (Å²) in [4.78, 5) is 6.09. The van der Waals surface area contributed by atoms with Gasteiger partial charge in [0, 0.05) is 38.2 Å². The molecule has 1 aromatic heterocycles. The van der Waals surface area contributed by atoms with E-state index in [2.05, 4.69) is 132 Å². The Balaban J connectivity index is 1.23. The fourth-order valence-electron chi connectivity index (χ4n) is 5.96. The van der Waals surface area contributed by atoms with Crippen molar-refractivity contribution in [1.29, 1.82) is 0 Å². The van der Waals surface area contributed by atoms with Gasteiger partial charge < -0.3 is 4.57 Å². The van der Waals surface area contributed by atoms with Crippen LogP contribution >= 0.6 is 23.4 Å². The second-order valence-corrected chi connectivity index (χ2v) is 11.6. The third-order valence-corrected chi connectivity index (χ3v) is 9.17. The van der Waals surface area contributed by atoms with Crippen molar-refractivity contribution < 1.29 is 0 Å². The summed E-state index contributed by atoms with van der Waals surface area (Å²) in [6, 6.07) is 43.2. The summed E-state index contributed by atoms with van der Waals surface area (Å²) in [5, 5.41) is 2.87.